The van der Waals surface area contributed by atoms with Crippen molar-refractivity contribution in [2.24, 2.45) is 0 Å². The summed E-state index contributed by atoms with van der Waals surface area (Å²) in [5.74, 6) is -0.519. The third kappa shape index (κ3) is 4.27. The number of carbonyl (C=O) groups is 2. The Kier molecular flexibility index (Phi) is 5.80. The molecule has 0 aliphatic heterocycles. The second-order valence-electron chi connectivity index (χ2n) is 7.32. The number of aryl methyl sites for hydroxylation is 2. The van der Waals surface area contributed by atoms with E-state index >= 15 is 0 Å². The number of hydrazine groups is 1. The van der Waals surface area contributed by atoms with Gasteiger partial charge in [0.2, 0.25) is 5.91 Å². The molecule has 2 amide bonds. The zero-order chi connectivity index (χ0) is 22.7. The maximum absolute atomic E-state index is 12.9. The predicted octanol–water partition coefficient (Wildman–Crippen LogP) is 2.05. The molecule has 162 valence electrons. The minimum Gasteiger partial charge on any atom is -0.361 e. The van der Waals surface area contributed by atoms with Gasteiger partial charge in [0.05, 0.1) is 24.0 Å². The molecule has 0 radical (unpaired) electrons. The summed E-state index contributed by atoms with van der Waals surface area (Å²) >= 11 is 0. The van der Waals surface area contributed by atoms with E-state index in [4.69, 9.17) is 4.52 Å². The predicted molar refractivity (Wildman–Crippen MR) is 117 cm³/mol. The smallest absolute Gasteiger partial charge is 0.290 e. The number of amides is 2. The van der Waals surface area contributed by atoms with Crippen LogP contribution < -0.4 is 16.4 Å². The van der Waals surface area contributed by atoms with Crippen molar-refractivity contribution in [2.75, 3.05) is 0 Å². The van der Waals surface area contributed by atoms with Gasteiger partial charge in [-0.1, -0.05) is 53.7 Å². The first-order valence-electron chi connectivity index (χ1n) is 9.98. The van der Waals surface area contributed by atoms with Crippen molar-refractivity contribution in [1.82, 2.24) is 25.8 Å². The first-order valence-corrected chi connectivity index (χ1v) is 9.98. The van der Waals surface area contributed by atoms with Crippen molar-refractivity contribution in [1.29, 1.82) is 0 Å². The van der Waals surface area contributed by atoms with Crippen LogP contribution >= 0.6 is 0 Å². The number of fused-ring (bicyclic) bond motifs is 1. The van der Waals surface area contributed by atoms with Crippen LogP contribution in [0.1, 0.15) is 33.1 Å². The van der Waals surface area contributed by atoms with E-state index in [1.54, 1.807) is 38.1 Å². The Morgan fingerprint density at radius 1 is 0.969 bits per heavy atom. The van der Waals surface area contributed by atoms with E-state index in [-0.39, 0.29) is 24.2 Å². The van der Waals surface area contributed by atoms with Crippen LogP contribution in [0.2, 0.25) is 0 Å². The van der Waals surface area contributed by atoms with Gasteiger partial charge in [-0.2, -0.15) is 5.10 Å². The summed E-state index contributed by atoms with van der Waals surface area (Å²) in [6.45, 7) is 3.67. The largest absolute Gasteiger partial charge is 0.361 e. The van der Waals surface area contributed by atoms with Crippen LogP contribution in [0.3, 0.4) is 0 Å². The molecule has 0 saturated carbocycles. The van der Waals surface area contributed by atoms with Crippen LogP contribution in [-0.2, 0) is 17.8 Å². The summed E-state index contributed by atoms with van der Waals surface area (Å²) in [4.78, 5) is 38.1. The molecule has 0 aliphatic rings. The summed E-state index contributed by atoms with van der Waals surface area (Å²) in [6.07, 6.45) is 0.00310. The van der Waals surface area contributed by atoms with E-state index in [0.717, 1.165) is 5.56 Å². The number of nitrogens with zero attached hydrogens (tertiary/aromatic N) is 3. The van der Waals surface area contributed by atoms with Gasteiger partial charge in [-0.3, -0.25) is 25.2 Å². The van der Waals surface area contributed by atoms with Gasteiger partial charge in [-0.05, 0) is 25.5 Å². The Bertz CT molecular complexity index is 1340. The maximum Gasteiger partial charge on any atom is 0.290 e. The monoisotopic (exact) mass is 431 g/mol. The molecule has 4 aromatic rings. The highest BCUT2D eigenvalue weighted by molar-refractivity contribution is 6.05. The summed E-state index contributed by atoms with van der Waals surface area (Å²) < 4.78 is 6.30. The van der Waals surface area contributed by atoms with E-state index in [1.807, 2.05) is 30.3 Å². The summed E-state index contributed by atoms with van der Waals surface area (Å²) in [6, 6.07) is 16.1. The lowest BCUT2D eigenvalue weighted by Gasteiger charge is -2.12. The number of aromatic nitrogens is 3. The third-order valence-electron chi connectivity index (χ3n) is 5.09. The van der Waals surface area contributed by atoms with Crippen LogP contribution in [0.15, 0.2) is 63.9 Å². The molecule has 0 unspecified atom stereocenters. The summed E-state index contributed by atoms with van der Waals surface area (Å²) in [5.41, 5.74) is 6.66. The molecule has 4 rings (SSSR count). The molecule has 0 spiro atoms. The van der Waals surface area contributed by atoms with Gasteiger partial charge in [0.25, 0.3) is 11.5 Å². The lowest BCUT2D eigenvalue weighted by molar-refractivity contribution is -0.121. The van der Waals surface area contributed by atoms with Gasteiger partial charge < -0.3 is 4.52 Å². The summed E-state index contributed by atoms with van der Waals surface area (Å²) in [5, 5.41) is 8.88. The lowest BCUT2D eigenvalue weighted by Crippen LogP contribution is -2.43. The molecular weight excluding hydrogens is 410 g/mol. The molecule has 0 bridgehead atoms. The molecule has 32 heavy (non-hydrogen) atoms. The molecule has 9 nitrogen and oxygen atoms in total. The van der Waals surface area contributed by atoms with E-state index in [9.17, 15) is 14.4 Å². The number of carbonyl (C=O) groups excluding carboxylic acids is 2. The van der Waals surface area contributed by atoms with Crippen LogP contribution in [-0.4, -0.2) is 26.8 Å². The number of hydrogen-bond acceptors (Lipinski definition) is 6. The molecule has 2 N–H and O–H groups in total. The molecule has 2 heterocycles. The van der Waals surface area contributed by atoms with Crippen molar-refractivity contribution >= 4 is 22.6 Å². The highest BCUT2D eigenvalue weighted by atomic mass is 16.5. The molecule has 2 aromatic heterocycles. The average Bonchev–Trinajstić information content (AvgIpc) is 3.12. The highest BCUT2D eigenvalue weighted by Gasteiger charge is 2.18. The van der Waals surface area contributed by atoms with Crippen molar-refractivity contribution in [2.45, 2.75) is 26.8 Å². The lowest BCUT2D eigenvalue weighted by atomic mass is 10.1. The quantitative estimate of drug-likeness (QED) is 0.467. The van der Waals surface area contributed by atoms with Crippen molar-refractivity contribution in [3.63, 3.8) is 0 Å². The molecule has 0 fully saturated rings. The second kappa shape index (κ2) is 8.84. The van der Waals surface area contributed by atoms with Crippen molar-refractivity contribution in [3.8, 4) is 0 Å². The fourth-order valence-electron chi connectivity index (χ4n) is 3.41. The van der Waals surface area contributed by atoms with E-state index in [2.05, 4.69) is 21.1 Å². The summed E-state index contributed by atoms with van der Waals surface area (Å²) in [7, 11) is 0. The first-order chi connectivity index (χ1) is 15.4. The minimum absolute atomic E-state index is 0.00310. The maximum atomic E-state index is 12.9. The van der Waals surface area contributed by atoms with Gasteiger partial charge >= 0.3 is 0 Å². The zero-order valence-electron chi connectivity index (χ0n) is 17.6. The Morgan fingerprint density at radius 3 is 2.34 bits per heavy atom. The standard InChI is InChI=1S/C23H21N5O4/c1-14-19(15(2)32-27-14)12-20(29)24-25-22(30)21-17-10-6-7-11-18(17)23(31)28(26-21)13-16-8-4-3-5-9-16/h3-11H,12-13H2,1-2H3,(H,24,29)(H,25,30). The molecule has 0 aliphatic carbocycles. The number of benzene rings is 2. The van der Waals surface area contributed by atoms with Gasteiger partial charge in [0.1, 0.15) is 5.76 Å². The van der Waals surface area contributed by atoms with Crippen LogP contribution in [0.4, 0.5) is 0 Å². The molecule has 2 aromatic carbocycles. The fraction of sp³-hybridized carbons (Fsp3) is 0.174. The number of rotatable bonds is 5. The Labute approximate surface area is 183 Å². The zero-order valence-corrected chi connectivity index (χ0v) is 17.6. The van der Waals surface area contributed by atoms with Gasteiger partial charge in [0.15, 0.2) is 5.69 Å². The van der Waals surface area contributed by atoms with Crippen LogP contribution in [0.5, 0.6) is 0 Å². The minimum atomic E-state index is -0.630. The van der Waals surface area contributed by atoms with Gasteiger partial charge in [-0.15, -0.1) is 0 Å². The molecule has 0 saturated heterocycles. The van der Waals surface area contributed by atoms with E-state index in [1.165, 1.54) is 4.68 Å². The third-order valence-corrected chi connectivity index (χ3v) is 5.09. The second-order valence-corrected chi connectivity index (χ2v) is 7.32. The Morgan fingerprint density at radius 2 is 1.66 bits per heavy atom. The van der Waals surface area contributed by atoms with Gasteiger partial charge in [0, 0.05) is 10.9 Å². The Hall–Kier alpha value is -4.27. The van der Waals surface area contributed by atoms with Crippen LogP contribution in [0.25, 0.3) is 10.8 Å². The van der Waals surface area contributed by atoms with Crippen molar-refractivity contribution in [3.05, 3.63) is 93.2 Å². The fourth-order valence-corrected chi connectivity index (χ4v) is 3.41. The highest BCUT2D eigenvalue weighted by Crippen LogP contribution is 2.14. The average molecular weight is 431 g/mol. The molecule has 0 atom stereocenters. The SMILES string of the molecule is Cc1noc(C)c1CC(=O)NNC(=O)c1nn(Cc2ccccc2)c(=O)c2ccccc12. The molecule has 9 heteroatoms. The van der Waals surface area contributed by atoms with E-state index < -0.39 is 11.8 Å². The van der Waals surface area contributed by atoms with Gasteiger partial charge in [-0.25, -0.2) is 4.68 Å². The number of hydrogen-bond donors (Lipinski definition) is 2. The molecular formula is C23H21N5O4. The number of nitrogens with one attached hydrogen (secondary N) is 2. The first kappa shape index (κ1) is 21.0. The van der Waals surface area contributed by atoms with Crippen molar-refractivity contribution < 1.29 is 14.1 Å². The normalized spacial score (nSPS) is 10.8. The van der Waals surface area contributed by atoms with E-state index in [0.29, 0.717) is 27.8 Å². The topological polar surface area (TPSA) is 119 Å². The van der Waals surface area contributed by atoms with Crippen LogP contribution in [0, 0.1) is 13.8 Å². The Balaban J connectivity index is 1.58.